The number of allylic oxidation sites excluding steroid dienone is 1. The quantitative estimate of drug-likeness (QED) is 0.677. The standard InChI is InChI=1S/C15H13Cl2N3O3/c1-9-13(18-8-11(16)12(17)15(22)23)14(21)20(19(9)2)10-6-4-3-5-7-10/h3-8H,1-2H3,(H,22,23). The monoisotopic (exact) mass is 353 g/mol. The van der Waals surface area contributed by atoms with Crippen LogP contribution in [0.4, 0.5) is 5.69 Å². The number of nitrogens with zero attached hydrogens (tertiary/aromatic N) is 3. The molecule has 0 aliphatic carbocycles. The van der Waals surface area contributed by atoms with Crippen LogP contribution in [0.25, 0.3) is 5.69 Å². The number of aliphatic carboxylic acids is 1. The Bertz CT molecular complexity index is 864. The van der Waals surface area contributed by atoms with Crippen LogP contribution >= 0.6 is 23.2 Å². The van der Waals surface area contributed by atoms with Crippen LogP contribution in [-0.2, 0) is 11.8 Å². The molecule has 0 saturated carbocycles. The van der Waals surface area contributed by atoms with E-state index < -0.39 is 11.0 Å². The minimum Gasteiger partial charge on any atom is -0.477 e. The number of aliphatic imine (C=N–C) groups is 1. The summed E-state index contributed by atoms with van der Waals surface area (Å²) in [6.45, 7) is 1.73. The largest absolute Gasteiger partial charge is 0.477 e. The van der Waals surface area contributed by atoms with Gasteiger partial charge in [0.05, 0.1) is 16.4 Å². The molecule has 0 fully saturated rings. The maximum atomic E-state index is 12.5. The van der Waals surface area contributed by atoms with Gasteiger partial charge in [0, 0.05) is 13.3 Å². The Balaban J connectivity index is 2.53. The van der Waals surface area contributed by atoms with Crippen molar-refractivity contribution in [1.82, 2.24) is 9.36 Å². The first-order valence-corrected chi connectivity index (χ1v) is 7.26. The van der Waals surface area contributed by atoms with Crippen molar-refractivity contribution < 1.29 is 9.90 Å². The molecule has 23 heavy (non-hydrogen) atoms. The number of carboxylic acids is 1. The second kappa shape index (κ2) is 6.85. The summed E-state index contributed by atoms with van der Waals surface area (Å²) in [5.74, 6) is -1.37. The van der Waals surface area contributed by atoms with Crippen molar-refractivity contribution in [3.8, 4) is 5.69 Å². The predicted octanol–water partition coefficient (Wildman–Crippen LogP) is 2.96. The van der Waals surface area contributed by atoms with Crippen molar-refractivity contribution in [3.05, 3.63) is 56.4 Å². The molecule has 8 heteroatoms. The lowest BCUT2D eigenvalue weighted by molar-refractivity contribution is -0.131. The molecule has 0 bridgehead atoms. The predicted molar refractivity (Wildman–Crippen MR) is 90.3 cm³/mol. The van der Waals surface area contributed by atoms with E-state index in [2.05, 4.69) is 4.99 Å². The van der Waals surface area contributed by atoms with Gasteiger partial charge in [-0.2, -0.15) is 0 Å². The third kappa shape index (κ3) is 3.38. The van der Waals surface area contributed by atoms with Crippen molar-refractivity contribution in [3.63, 3.8) is 0 Å². The highest BCUT2D eigenvalue weighted by atomic mass is 35.5. The van der Waals surface area contributed by atoms with Gasteiger partial charge in [0.2, 0.25) is 0 Å². The summed E-state index contributed by atoms with van der Waals surface area (Å²) in [4.78, 5) is 27.3. The second-order valence-electron chi connectivity index (χ2n) is 4.64. The van der Waals surface area contributed by atoms with Crippen molar-refractivity contribution in [2.45, 2.75) is 6.92 Å². The number of hydrogen-bond acceptors (Lipinski definition) is 3. The molecule has 0 unspecified atom stereocenters. The lowest BCUT2D eigenvalue weighted by atomic mass is 10.3. The lowest BCUT2D eigenvalue weighted by Gasteiger charge is -2.07. The van der Waals surface area contributed by atoms with E-state index in [0.29, 0.717) is 11.4 Å². The van der Waals surface area contributed by atoms with Gasteiger partial charge in [-0.05, 0) is 19.1 Å². The molecular formula is C15H13Cl2N3O3. The number of halogens is 2. The average Bonchev–Trinajstić information content (AvgIpc) is 2.75. The first kappa shape index (κ1) is 17.1. The van der Waals surface area contributed by atoms with Gasteiger partial charge in [-0.25, -0.2) is 14.5 Å². The molecule has 2 aromatic rings. The highest BCUT2D eigenvalue weighted by molar-refractivity contribution is 6.51. The van der Waals surface area contributed by atoms with E-state index in [1.807, 2.05) is 18.2 Å². The van der Waals surface area contributed by atoms with Crippen molar-refractivity contribution in [2.75, 3.05) is 0 Å². The minimum absolute atomic E-state index is 0.157. The Morgan fingerprint density at radius 1 is 1.26 bits per heavy atom. The van der Waals surface area contributed by atoms with Crippen molar-refractivity contribution >= 4 is 41.1 Å². The molecular weight excluding hydrogens is 341 g/mol. The molecule has 2 rings (SSSR count). The minimum atomic E-state index is -1.37. The molecule has 120 valence electrons. The number of hydrogen-bond donors (Lipinski definition) is 1. The summed E-state index contributed by atoms with van der Waals surface area (Å²) >= 11 is 11.3. The fourth-order valence-corrected chi connectivity index (χ4v) is 2.16. The Hall–Kier alpha value is -2.31. The number of rotatable bonds is 4. The highest BCUT2D eigenvalue weighted by Crippen LogP contribution is 2.18. The van der Waals surface area contributed by atoms with Gasteiger partial charge >= 0.3 is 5.97 Å². The molecule has 1 aromatic heterocycles. The van der Waals surface area contributed by atoms with E-state index in [1.165, 1.54) is 4.68 Å². The van der Waals surface area contributed by atoms with Crippen LogP contribution in [0.15, 0.2) is 50.2 Å². The van der Waals surface area contributed by atoms with E-state index in [4.69, 9.17) is 28.3 Å². The first-order chi connectivity index (χ1) is 10.8. The lowest BCUT2D eigenvalue weighted by Crippen LogP contribution is -2.19. The summed E-state index contributed by atoms with van der Waals surface area (Å²) in [5.41, 5.74) is 1.11. The normalized spacial score (nSPS) is 12.5. The Labute approximate surface area is 141 Å². The Morgan fingerprint density at radius 3 is 2.43 bits per heavy atom. The highest BCUT2D eigenvalue weighted by Gasteiger charge is 2.15. The molecule has 0 radical (unpaired) electrons. The molecule has 0 amide bonds. The number of aromatic nitrogens is 2. The summed E-state index contributed by atoms with van der Waals surface area (Å²) in [6.07, 6.45) is 1.05. The molecule has 0 spiro atoms. The Kier molecular flexibility index (Phi) is 5.08. The van der Waals surface area contributed by atoms with Crippen LogP contribution in [0.1, 0.15) is 5.69 Å². The zero-order valence-corrected chi connectivity index (χ0v) is 13.8. The number of carbonyl (C=O) groups is 1. The van der Waals surface area contributed by atoms with E-state index >= 15 is 0 Å². The Morgan fingerprint density at radius 2 is 1.87 bits per heavy atom. The summed E-state index contributed by atoms with van der Waals surface area (Å²) < 4.78 is 3.11. The maximum absolute atomic E-state index is 12.5. The van der Waals surface area contributed by atoms with Crippen LogP contribution in [-0.4, -0.2) is 26.7 Å². The van der Waals surface area contributed by atoms with E-state index in [1.54, 1.807) is 30.8 Å². The van der Waals surface area contributed by atoms with Crippen LogP contribution in [0, 0.1) is 6.92 Å². The van der Waals surface area contributed by atoms with Crippen molar-refractivity contribution in [2.24, 2.45) is 12.0 Å². The molecule has 0 aliphatic rings. The first-order valence-electron chi connectivity index (χ1n) is 6.51. The number of carboxylic acid groups (broad SMARTS) is 1. The van der Waals surface area contributed by atoms with Gasteiger partial charge in [0.1, 0.15) is 5.03 Å². The topological polar surface area (TPSA) is 76.6 Å². The van der Waals surface area contributed by atoms with Crippen LogP contribution in [0.5, 0.6) is 0 Å². The zero-order valence-electron chi connectivity index (χ0n) is 12.3. The van der Waals surface area contributed by atoms with E-state index in [9.17, 15) is 9.59 Å². The number of para-hydroxylation sites is 1. The molecule has 1 heterocycles. The summed E-state index contributed by atoms with van der Waals surface area (Å²) in [7, 11) is 1.73. The van der Waals surface area contributed by atoms with Gasteiger partial charge in [-0.1, -0.05) is 41.4 Å². The van der Waals surface area contributed by atoms with Gasteiger partial charge in [-0.3, -0.25) is 9.48 Å². The zero-order chi connectivity index (χ0) is 17.1. The van der Waals surface area contributed by atoms with Gasteiger partial charge in [0.15, 0.2) is 5.69 Å². The van der Waals surface area contributed by atoms with Gasteiger partial charge in [0.25, 0.3) is 5.56 Å². The number of benzene rings is 1. The van der Waals surface area contributed by atoms with Gasteiger partial charge in [-0.15, -0.1) is 0 Å². The summed E-state index contributed by atoms with van der Waals surface area (Å²) in [6, 6.07) is 9.07. The smallest absolute Gasteiger partial charge is 0.348 e. The fourth-order valence-electron chi connectivity index (χ4n) is 1.98. The van der Waals surface area contributed by atoms with E-state index in [-0.39, 0.29) is 16.3 Å². The molecule has 1 aromatic carbocycles. The summed E-state index contributed by atoms with van der Waals surface area (Å²) in [5, 5.41) is 7.93. The molecule has 0 saturated heterocycles. The SMILES string of the molecule is Cc1c(N=CC(Cl)=C(Cl)C(=O)O)c(=O)n(-c2ccccc2)n1C. The van der Waals surface area contributed by atoms with Gasteiger partial charge < -0.3 is 5.11 Å². The fraction of sp³-hybridized carbons (Fsp3) is 0.133. The third-order valence-corrected chi connectivity index (χ3v) is 3.98. The van der Waals surface area contributed by atoms with Crippen LogP contribution in [0.2, 0.25) is 0 Å². The molecule has 1 N–H and O–H groups in total. The van der Waals surface area contributed by atoms with Crippen LogP contribution in [0.3, 0.4) is 0 Å². The maximum Gasteiger partial charge on any atom is 0.348 e. The van der Waals surface area contributed by atoms with Crippen LogP contribution < -0.4 is 5.56 Å². The molecule has 6 nitrogen and oxygen atoms in total. The molecule has 0 aliphatic heterocycles. The average molecular weight is 354 g/mol. The molecule has 0 atom stereocenters. The second-order valence-corrected chi connectivity index (χ2v) is 5.42. The van der Waals surface area contributed by atoms with Crippen molar-refractivity contribution in [1.29, 1.82) is 0 Å². The third-order valence-electron chi connectivity index (χ3n) is 3.23. The van der Waals surface area contributed by atoms with E-state index in [0.717, 1.165) is 6.21 Å².